The van der Waals surface area contributed by atoms with Gasteiger partial charge in [-0.3, -0.25) is 4.57 Å². The number of pyridine rings is 1. The van der Waals surface area contributed by atoms with E-state index in [1.165, 1.54) is 6.07 Å². The summed E-state index contributed by atoms with van der Waals surface area (Å²) in [5.41, 5.74) is 0.763. The molecule has 2 aromatic heterocycles. The van der Waals surface area contributed by atoms with E-state index in [2.05, 4.69) is 9.97 Å². The fourth-order valence-electron chi connectivity index (χ4n) is 1.98. The van der Waals surface area contributed by atoms with Gasteiger partial charge in [0.2, 0.25) is 0 Å². The van der Waals surface area contributed by atoms with Gasteiger partial charge in [0, 0.05) is 12.1 Å². The fraction of sp³-hybridized carbons (Fsp3) is 0.455. The molecule has 5 heteroatoms. The van der Waals surface area contributed by atoms with Crippen molar-refractivity contribution in [3.05, 3.63) is 28.6 Å². The van der Waals surface area contributed by atoms with Crippen molar-refractivity contribution < 1.29 is 4.39 Å². The highest BCUT2D eigenvalue weighted by Gasteiger charge is 2.15. The van der Waals surface area contributed by atoms with Gasteiger partial charge in [0.25, 0.3) is 0 Å². The van der Waals surface area contributed by atoms with Crippen molar-refractivity contribution in [2.75, 3.05) is 0 Å². The van der Waals surface area contributed by atoms with Crippen LogP contribution in [-0.4, -0.2) is 14.5 Å². The maximum absolute atomic E-state index is 12.9. The number of hydrogen-bond donors (Lipinski definition) is 1. The molecule has 0 aliphatic rings. The van der Waals surface area contributed by atoms with Crippen LogP contribution in [0.25, 0.3) is 11.2 Å². The summed E-state index contributed by atoms with van der Waals surface area (Å²) in [6.45, 7) is 4.03. The van der Waals surface area contributed by atoms with Crippen molar-refractivity contribution in [2.45, 2.75) is 32.7 Å². The topological polar surface area (TPSA) is 50.7 Å². The Balaban J connectivity index is 2.69. The third kappa shape index (κ3) is 1.62. The predicted molar refractivity (Wildman–Crippen MR) is 59.9 cm³/mol. The number of fused-ring (bicyclic) bond motifs is 1. The SMILES string of the molecule is CCC(CC)n1c(=O)[nH]c2cc(F)cnc21. The van der Waals surface area contributed by atoms with Crippen LogP contribution in [0.1, 0.15) is 32.7 Å². The Kier molecular flexibility index (Phi) is 2.77. The summed E-state index contributed by atoms with van der Waals surface area (Å²) < 4.78 is 14.6. The van der Waals surface area contributed by atoms with Crippen molar-refractivity contribution in [1.29, 1.82) is 0 Å². The number of imidazole rings is 1. The molecule has 4 nitrogen and oxygen atoms in total. The lowest BCUT2D eigenvalue weighted by Crippen LogP contribution is -2.21. The van der Waals surface area contributed by atoms with E-state index in [9.17, 15) is 9.18 Å². The van der Waals surface area contributed by atoms with E-state index >= 15 is 0 Å². The van der Waals surface area contributed by atoms with E-state index in [4.69, 9.17) is 0 Å². The first-order valence-electron chi connectivity index (χ1n) is 5.43. The Morgan fingerprint density at radius 1 is 1.50 bits per heavy atom. The Bertz CT molecular complexity index is 554. The largest absolute Gasteiger partial charge is 0.327 e. The van der Waals surface area contributed by atoms with Crippen LogP contribution in [0.3, 0.4) is 0 Å². The highest BCUT2D eigenvalue weighted by Crippen LogP contribution is 2.18. The van der Waals surface area contributed by atoms with Crippen molar-refractivity contribution in [1.82, 2.24) is 14.5 Å². The highest BCUT2D eigenvalue weighted by atomic mass is 19.1. The van der Waals surface area contributed by atoms with Crippen molar-refractivity contribution in [2.24, 2.45) is 0 Å². The summed E-state index contributed by atoms with van der Waals surface area (Å²) in [6, 6.07) is 1.40. The van der Waals surface area contributed by atoms with Crippen LogP contribution in [0, 0.1) is 5.82 Å². The number of aromatic nitrogens is 3. The van der Waals surface area contributed by atoms with Crippen LogP contribution in [0.4, 0.5) is 4.39 Å². The van der Waals surface area contributed by atoms with E-state index in [0.29, 0.717) is 11.2 Å². The second-order valence-electron chi connectivity index (χ2n) is 3.80. The lowest BCUT2D eigenvalue weighted by molar-refractivity contribution is 0.469. The average Bonchev–Trinajstić information content (AvgIpc) is 2.57. The number of nitrogens with zero attached hydrogens (tertiary/aromatic N) is 2. The molecule has 0 aliphatic carbocycles. The maximum Gasteiger partial charge on any atom is 0.327 e. The molecule has 2 rings (SSSR count). The quantitative estimate of drug-likeness (QED) is 0.867. The third-order valence-electron chi connectivity index (χ3n) is 2.83. The summed E-state index contributed by atoms with van der Waals surface area (Å²) in [6.07, 6.45) is 2.83. The molecule has 0 aliphatic heterocycles. The monoisotopic (exact) mass is 223 g/mol. The molecule has 0 radical (unpaired) electrons. The van der Waals surface area contributed by atoms with Gasteiger partial charge < -0.3 is 4.98 Å². The van der Waals surface area contributed by atoms with Gasteiger partial charge in [-0.25, -0.2) is 14.2 Å². The number of aromatic amines is 1. The average molecular weight is 223 g/mol. The van der Waals surface area contributed by atoms with Crippen LogP contribution >= 0.6 is 0 Å². The molecule has 0 bridgehead atoms. The standard InChI is InChI=1S/C11H14FN3O/c1-3-8(4-2)15-10-9(14-11(15)16)5-7(12)6-13-10/h5-6,8H,3-4H2,1-2H3,(H,14,16). The van der Waals surface area contributed by atoms with E-state index < -0.39 is 5.82 Å². The molecule has 1 N–H and O–H groups in total. The zero-order chi connectivity index (χ0) is 11.7. The molecule has 16 heavy (non-hydrogen) atoms. The second kappa shape index (κ2) is 4.08. The van der Waals surface area contributed by atoms with E-state index in [-0.39, 0.29) is 11.7 Å². The summed E-state index contributed by atoms with van der Waals surface area (Å²) in [7, 11) is 0. The molecule has 2 aromatic rings. The van der Waals surface area contributed by atoms with Crippen LogP contribution in [0.5, 0.6) is 0 Å². The summed E-state index contributed by atoms with van der Waals surface area (Å²) in [5.74, 6) is -0.439. The highest BCUT2D eigenvalue weighted by molar-refractivity contribution is 5.70. The second-order valence-corrected chi connectivity index (χ2v) is 3.80. The molecule has 0 spiro atoms. The number of rotatable bonds is 3. The number of H-pyrrole nitrogens is 1. The van der Waals surface area contributed by atoms with Gasteiger partial charge in [-0.2, -0.15) is 0 Å². The van der Waals surface area contributed by atoms with Crippen molar-refractivity contribution in [3.63, 3.8) is 0 Å². The normalized spacial score (nSPS) is 11.5. The van der Waals surface area contributed by atoms with Crippen LogP contribution in [-0.2, 0) is 0 Å². The molecule has 0 saturated heterocycles. The minimum atomic E-state index is -0.439. The van der Waals surface area contributed by atoms with Gasteiger partial charge >= 0.3 is 5.69 Å². The van der Waals surface area contributed by atoms with Gasteiger partial charge in [-0.1, -0.05) is 13.8 Å². The van der Waals surface area contributed by atoms with E-state index in [0.717, 1.165) is 19.0 Å². The molecular formula is C11H14FN3O. The molecule has 0 saturated carbocycles. The lowest BCUT2D eigenvalue weighted by atomic mass is 10.2. The first-order valence-corrected chi connectivity index (χ1v) is 5.43. The van der Waals surface area contributed by atoms with Crippen LogP contribution in [0.15, 0.2) is 17.1 Å². The Morgan fingerprint density at radius 2 is 2.19 bits per heavy atom. The number of hydrogen-bond acceptors (Lipinski definition) is 2. The minimum Gasteiger partial charge on any atom is -0.304 e. The lowest BCUT2D eigenvalue weighted by Gasteiger charge is -2.13. The third-order valence-corrected chi connectivity index (χ3v) is 2.83. The van der Waals surface area contributed by atoms with E-state index in [1.54, 1.807) is 4.57 Å². The minimum absolute atomic E-state index is 0.110. The Morgan fingerprint density at radius 3 is 2.81 bits per heavy atom. The molecule has 2 heterocycles. The molecule has 0 atom stereocenters. The molecule has 86 valence electrons. The van der Waals surface area contributed by atoms with Gasteiger partial charge in [0.1, 0.15) is 5.82 Å². The molecule has 0 amide bonds. The Labute approximate surface area is 92.1 Å². The van der Waals surface area contributed by atoms with Gasteiger partial charge in [0.15, 0.2) is 5.65 Å². The molecule has 0 aromatic carbocycles. The number of nitrogens with one attached hydrogen (secondary N) is 1. The maximum atomic E-state index is 12.9. The molecule has 0 unspecified atom stereocenters. The van der Waals surface area contributed by atoms with E-state index in [1.807, 2.05) is 13.8 Å². The first kappa shape index (κ1) is 10.9. The summed E-state index contributed by atoms with van der Waals surface area (Å²) in [5, 5.41) is 0. The van der Waals surface area contributed by atoms with Crippen LogP contribution < -0.4 is 5.69 Å². The Hall–Kier alpha value is -1.65. The summed E-state index contributed by atoms with van der Waals surface area (Å²) in [4.78, 5) is 18.4. The summed E-state index contributed by atoms with van der Waals surface area (Å²) >= 11 is 0. The van der Waals surface area contributed by atoms with Crippen molar-refractivity contribution >= 4 is 11.2 Å². The van der Waals surface area contributed by atoms with Crippen molar-refractivity contribution in [3.8, 4) is 0 Å². The zero-order valence-electron chi connectivity index (χ0n) is 9.33. The van der Waals surface area contributed by atoms with Crippen LogP contribution in [0.2, 0.25) is 0 Å². The number of halogens is 1. The zero-order valence-corrected chi connectivity index (χ0v) is 9.33. The molecule has 0 fully saturated rings. The van der Waals surface area contributed by atoms with Gasteiger partial charge in [-0.15, -0.1) is 0 Å². The molecular weight excluding hydrogens is 209 g/mol. The fourth-order valence-corrected chi connectivity index (χ4v) is 1.98. The smallest absolute Gasteiger partial charge is 0.304 e. The first-order chi connectivity index (χ1) is 7.67. The predicted octanol–water partition coefficient (Wildman–Crippen LogP) is 2.22. The van der Waals surface area contributed by atoms with Gasteiger partial charge in [-0.05, 0) is 12.8 Å². The van der Waals surface area contributed by atoms with Gasteiger partial charge in [0.05, 0.1) is 11.7 Å².